The van der Waals surface area contributed by atoms with Crippen LogP contribution in [0.3, 0.4) is 0 Å². The molecule has 24 heavy (non-hydrogen) atoms. The van der Waals surface area contributed by atoms with Crippen molar-refractivity contribution in [2.45, 2.75) is 10.8 Å². The van der Waals surface area contributed by atoms with Gasteiger partial charge in [-0.2, -0.15) is 10.2 Å². The number of thioether (sulfide) groups is 1. The zero-order chi connectivity index (χ0) is 16.5. The van der Waals surface area contributed by atoms with Crippen molar-refractivity contribution in [2.75, 3.05) is 0 Å². The van der Waals surface area contributed by atoms with Gasteiger partial charge >= 0.3 is 0 Å². The highest BCUT2D eigenvalue weighted by Crippen LogP contribution is 2.27. The Morgan fingerprint density at radius 2 is 1.88 bits per heavy atom. The van der Waals surface area contributed by atoms with Gasteiger partial charge in [0.05, 0.1) is 23.0 Å². The molecule has 0 unspecified atom stereocenters. The molecule has 3 heterocycles. The highest BCUT2D eigenvalue weighted by Gasteiger charge is 2.12. The first-order valence-corrected chi connectivity index (χ1v) is 8.11. The first kappa shape index (κ1) is 14.8. The van der Waals surface area contributed by atoms with Gasteiger partial charge in [0.15, 0.2) is 5.65 Å². The summed E-state index contributed by atoms with van der Waals surface area (Å²) in [6, 6.07) is 6.12. The molecular formula is C15H12FN7S. The molecule has 3 aromatic heterocycles. The molecule has 0 bridgehead atoms. The van der Waals surface area contributed by atoms with Crippen molar-refractivity contribution in [3.63, 3.8) is 0 Å². The summed E-state index contributed by atoms with van der Waals surface area (Å²) in [7, 11) is 1.85. The van der Waals surface area contributed by atoms with Crippen molar-refractivity contribution in [3.05, 3.63) is 54.8 Å². The van der Waals surface area contributed by atoms with Crippen LogP contribution in [0.5, 0.6) is 0 Å². The minimum absolute atomic E-state index is 0.287. The van der Waals surface area contributed by atoms with Gasteiger partial charge in [-0.05, 0) is 24.3 Å². The number of rotatable bonds is 4. The van der Waals surface area contributed by atoms with E-state index in [1.54, 1.807) is 39.5 Å². The minimum atomic E-state index is -0.287. The molecule has 4 rings (SSSR count). The SMILES string of the molecule is Cn1ncnc1CSc1ncnc2c1cnn2-c1ccc(F)cc1. The van der Waals surface area contributed by atoms with Crippen molar-refractivity contribution in [3.8, 4) is 5.69 Å². The second-order valence-electron chi connectivity index (χ2n) is 5.04. The van der Waals surface area contributed by atoms with Crippen LogP contribution in [0.1, 0.15) is 5.82 Å². The molecule has 0 spiro atoms. The van der Waals surface area contributed by atoms with E-state index in [9.17, 15) is 4.39 Å². The summed E-state index contributed by atoms with van der Waals surface area (Å²) >= 11 is 1.55. The Kier molecular flexibility index (Phi) is 3.69. The van der Waals surface area contributed by atoms with Crippen LogP contribution >= 0.6 is 11.8 Å². The molecule has 0 amide bonds. The summed E-state index contributed by atoms with van der Waals surface area (Å²) in [5.41, 5.74) is 1.42. The van der Waals surface area contributed by atoms with E-state index in [2.05, 4.69) is 25.1 Å². The van der Waals surface area contributed by atoms with E-state index in [0.29, 0.717) is 11.4 Å². The maximum Gasteiger partial charge on any atom is 0.167 e. The van der Waals surface area contributed by atoms with Crippen molar-refractivity contribution in [1.29, 1.82) is 0 Å². The molecule has 4 aromatic rings. The third-order valence-electron chi connectivity index (χ3n) is 3.54. The van der Waals surface area contributed by atoms with Gasteiger partial charge < -0.3 is 0 Å². The zero-order valence-electron chi connectivity index (χ0n) is 12.7. The fourth-order valence-corrected chi connectivity index (χ4v) is 3.24. The van der Waals surface area contributed by atoms with E-state index in [-0.39, 0.29) is 5.82 Å². The van der Waals surface area contributed by atoms with Crippen LogP contribution in [0.2, 0.25) is 0 Å². The highest BCUT2D eigenvalue weighted by atomic mass is 32.2. The van der Waals surface area contributed by atoms with Crippen LogP contribution in [-0.2, 0) is 12.8 Å². The smallest absolute Gasteiger partial charge is 0.167 e. The fourth-order valence-electron chi connectivity index (χ4n) is 2.29. The van der Waals surface area contributed by atoms with Crippen LogP contribution in [0.15, 0.2) is 48.1 Å². The summed E-state index contributed by atoms with van der Waals surface area (Å²) in [6.45, 7) is 0. The fraction of sp³-hybridized carbons (Fsp3) is 0.133. The molecule has 1 aromatic carbocycles. The molecule has 0 atom stereocenters. The first-order chi connectivity index (χ1) is 11.7. The number of fused-ring (bicyclic) bond motifs is 1. The number of halogens is 1. The monoisotopic (exact) mass is 341 g/mol. The summed E-state index contributed by atoms with van der Waals surface area (Å²) < 4.78 is 16.5. The van der Waals surface area contributed by atoms with E-state index >= 15 is 0 Å². The van der Waals surface area contributed by atoms with E-state index in [1.807, 2.05) is 7.05 Å². The quantitative estimate of drug-likeness (QED) is 0.419. The molecular weight excluding hydrogens is 329 g/mol. The molecule has 0 fully saturated rings. The average Bonchev–Trinajstić information content (AvgIpc) is 3.20. The molecule has 7 nitrogen and oxygen atoms in total. The van der Waals surface area contributed by atoms with Crippen molar-refractivity contribution < 1.29 is 4.39 Å². The van der Waals surface area contributed by atoms with Crippen LogP contribution in [0.4, 0.5) is 4.39 Å². The molecule has 0 saturated heterocycles. The molecule has 9 heteroatoms. The van der Waals surface area contributed by atoms with Crippen molar-refractivity contribution in [1.82, 2.24) is 34.5 Å². The Labute approximate surface area is 140 Å². The Hall–Kier alpha value is -2.81. The highest BCUT2D eigenvalue weighted by molar-refractivity contribution is 7.98. The Morgan fingerprint density at radius 1 is 1.04 bits per heavy atom. The van der Waals surface area contributed by atoms with Gasteiger partial charge in [-0.25, -0.2) is 24.0 Å². The van der Waals surface area contributed by atoms with Crippen molar-refractivity contribution in [2.24, 2.45) is 7.05 Å². The molecule has 0 aliphatic carbocycles. The van der Waals surface area contributed by atoms with Crippen LogP contribution < -0.4 is 0 Å². The second-order valence-corrected chi connectivity index (χ2v) is 6.00. The van der Waals surface area contributed by atoms with Crippen LogP contribution in [-0.4, -0.2) is 34.5 Å². The topological polar surface area (TPSA) is 74.3 Å². The predicted octanol–water partition coefficient (Wildman–Crippen LogP) is 2.38. The Bertz CT molecular complexity index is 993. The molecule has 0 radical (unpaired) electrons. The lowest BCUT2D eigenvalue weighted by Gasteiger charge is -2.04. The normalized spacial score (nSPS) is 11.2. The van der Waals surface area contributed by atoms with Crippen molar-refractivity contribution >= 4 is 22.8 Å². The first-order valence-electron chi connectivity index (χ1n) is 7.13. The standard InChI is InChI=1S/C15H12FN7S/c1-22-13(17-9-21-22)7-24-15-12-6-20-23(14(12)18-8-19-15)11-4-2-10(16)3-5-11/h2-6,8-9H,7H2,1H3. The molecule has 0 aliphatic heterocycles. The molecule has 0 N–H and O–H groups in total. The molecule has 120 valence electrons. The predicted molar refractivity (Wildman–Crippen MR) is 87.2 cm³/mol. The third kappa shape index (κ3) is 2.62. The van der Waals surface area contributed by atoms with E-state index < -0.39 is 0 Å². The van der Waals surface area contributed by atoms with E-state index in [1.165, 1.54) is 24.8 Å². The van der Waals surface area contributed by atoms with Gasteiger partial charge in [0, 0.05) is 7.05 Å². The number of hydrogen-bond acceptors (Lipinski definition) is 6. The Morgan fingerprint density at radius 3 is 2.62 bits per heavy atom. The number of aromatic nitrogens is 7. The summed E-state index contributed by atoms with van der Waals surface area (Å²) in [5.74, 6) is 1.21. The zero-order valence-corrected chi connectivity index (χ0v) is 13.5. The van der Waals surface area contributed by atoms with Gasteiger partial charge in [-0.15, -0.1) is 0 Å². The van der Waals surface area contributed by atoms with Crippen LogP contribution in [0.25, 0.3) is 16.7 Å². The average molecular weight is 341 g/mol. The number of benzene rings is 1. The minimum Gasteiger partial charge on any atom is -0.252 e. The van der Waals surface area contributed by atoms with Gasteiger partial charge in [-0.1, -0.05) is 11.8 Å². The summed E-state index contributed by atoms with van der Waals surface area (Å²) in [4.78, 5) is 12.9. The number of nitrogens with zero attached hydrogens (tertiary/aromatic N) is 7. The largest absolute Gasteiger partial charge is 0.252 e. The summed E-state index contributed by atoms with van der Waals surface area (Å²) in [6.07, 6.45) is 4.75. The van der Waals surface area contributed by atoms with Gasteiger partial charge in [-0.3, -0.25) is 4.68 Å². The van der Waals surface area contributed by atoms with Gasteiger partial charge in [0.2, 0.25) is 0 Å². The summed E-state index contributed by atoms with van der Waals surface area (Å²) in [5, 5.41) is 10.1. The number of aryl methyl sites for hydroxylation is 1. The maximum atomic E-state index is 13.1. The third-order valence-corrected chi connectivity index (χ3v) is 4.54. The molecule has 0 saturated carbocycles. The number of hydrogen-bond donors (Lipinski definition) is 0. The maximum absolute atomic E-state index is 13.1. The van der Waals surface area contributed by atoms with Gasteiger partial charge in [0.1, 0.15) is 29.3 Å². The lowest BCUT2D eigenvalue weighted by molar-refractivity contribution is 0.627. The van der Waals surface area contributed by atoms with E-state index in [0.717, 1.165) is 21.9 Å². The Balaban J connectivity index is 1.68. The second kappa shape index (κ2) is 6.00. The molecule has 0 aliphatic rings. The van der Waals surface area contributed by atoms with E-state index in [4.69, 9.17) is 0 Å². The lowest BCUT2D eigenvalue weighted by atomic mass is 10.3. The van der Waals surface area contributed by atoms with Crippen LogP contribution in [0, 0.1) is 5.82 Å². The lowest BCUT2D eigenvalue weighted by Crippen LogP contribution is -1.99. The van der Waals surface area contributed by atoms with Gasteiger partial charge in [0.25, 0.3) is 0 Å².